The van der Waals surface area contributed by atoms with Crippen molar-refractivity contribution in [2.45, 2.75) is 50.0 Å². The lowest BCUT2D eigenvalue weighted by molar-refractivity contribution is 0.0266. The van der Waals surface area contributed by atoms with Gasteiger partial charge >= 0.3 is 0 Å². The van der Waals surface area contributed by atoms with E-state index in [1.807, 2.05) is 13.8 Å². The molecule has 2 N–H and O–H groups in total. The van der Waals surface area contributed by atoms with Gasteiger partial charge in [-0.2, -0.15) is 0 Å². The van der Waals surface area contributed by atoms with E-state index in [1.54, 1.807) is 6.07 Å². The molecule has 1 aromatic rings. The van der Waals surface area contributed by atoms with E-state index in [0.717, 1.165) is 12.8 Å². The molecular weight excluding hydrogens is 264 g/mol. The van der Waals surface area contributed by atoms with Crippen molar-refractivity contribution < 1.29 is 13.5 Å². The van der Waals surface area contributed by atoms with Crippen molar-refractivity contribution in [1.29, 1.82) is 0 Å². The van der Waals surface area contributed by atoms with E-state index in [9.17, 15) is 13.5 Å². The van der Waals surface area contributed by atoms with Crippen molar-refractivity contribution in [2.75, 3.05) is 6.54 Å². The second-order valence-electron chi connectivity index (χ2n) is 4.74. The summed E-state index contributed by atoms with van der Waals surface area (Å²) in [6, 6.07) is 3.05. The van der Waals surface area contributed by atoms with Crippen LogP contribution in [-0.4, -0.2) is 30.7 Å². The van der Waals surface area contributed by atoms with E-state index in [4.69, 9.17) is 0 Å². The summed E-state index contributed by atoms with van der Waals surface area (Å²) in [5.74, 6) is 0. The van der Waals surface area contributed by atoms with Gasteiger partial charge in [0.1, 0.15) is 4.90 Å². The second kappa shape index (κ2) is 6.98. The number of aromatic nitrogens is 1. The molecule has 0 aliphatic carbocycles. The number of rotatable bonds is 8. The molecule has 0 spiro atoms. The first-order valence-electron chi connectivity index (χ1n) is 6.55. The molecule has 1 aromatic heterocycles. The fraction of sp³-hybridized carbons (Fsp3) is 0.615. The van der Waals surface area contributed by atoms with Crippen LogP contribution in [0.3, 0.4) is 0 Å². The Hall–Kier alpha value is -0.980. The third kappa shape index (κ3) is 4.89. The summed E-state index contributed by atoms with van der Waals surface area (Å²) >= 11 is 0. The molecule has 108 valence electrons. The highest BCUT2D eigenvalue weighted by Crippen LogP contribution is 2.19. The molecule has 0 fully saturated rings. The van der Waals surface area contributed by atoms with Crippen LogP contribution in [0.25, 0.3) is 0 Å². The van der Waals surface area contributed by atoms with Gasteiger partial charge in [-0.15, -0.1) is 0 Å². The average molecular weight is 286 g/mol. The molecule has 0 amide bonds. The molecular formula is C13H22N2O3S. The van der Waals surface area contributed by atoms with Gasteiger partial charge in [-0.1, -0.05) is 26.7 Å². The topological polar surface area (TPSA) is 79.3 Å². The molecule has 19 heavy (non-hydrogen) atoms. The van der Waals surface area contributed by atoms with Crippen LogP contribution in [-0.2, 0) is 10.0 Å². The zero-order valence-corrected chi connectivity index (χ0v) is 12.3. The zero-order valence-electron chi connectivity index (χ0n) is 11.5. The van der Waals surface area contributed by atoms with Gasteiger partial charge < -0.3 is 5.11 Å². The normalized spacial score (nSPS) is 12.6. The number of nitrogens with zero attached hydrogens (tertiary/aromatic N) is 1. The standard InChI is InChI=1S/C13H22N2O3S/c1-3-7-13(16,8-4-2)11-15-19(17,18)12-6-5-9-14-10-12/h5-6,9-10,15-16H,3-4,7-8,11H2,1-2H3. The Bertz CT molecular complexity index is 468. The average Bonchev–Trinajstić information content (AvgIpc) is 2.38. The van der Waals surface area contributed by atoms with E-state index < -0.39 is 15.6 Å². The van der Waals surface area contributed by atoms with Gasteiger partial charge in [0.05, 0.1) is 5.60 Å². The second-order valence-corrected chi connectivity index (χ2v) is 6.50. The van der Waals surface area contributed by atoms with Crippen molar-refractivity contribution in [1.82, 2.24) is 9.71 Å². The van der Waals surface area contributed by atoms with Crippen molar-refractivity contribution in [2.24, 2.45) is 0 Å². The summed E-state index contributed by atoms with van der Waals surface area (Å²) in [5.41, 5.74) is -0.973. The number of sulfonamides is 1. The van der Waals surface area contributed by atoms with E-state index in [0.29, 0.717) is 12.8 Å². The Labute approximate surface area is 115 Å². The Morgan fingerprint density at radius 3 is 2.42 bits per heavy atom. The quantitative estimate of drug-likeness (QED) is 0.762. The molecule has 0 saturated heterocycles. The zero-order chi connectivity index (χ0) is 14.4. The number of hydrogen-bond donors (Lipinski definition) is 2. The smallest absolute Gasteiger partial charge is 0.242 e. The highest BCUT2D eigenvalue weighted by Gasteiger charge is 2.27. The molecule has 0 unspecified atom stereocenters. The van der Waals surface area contributed by atoms with Crippen LogP contribution in [0.15, 0.2) is 29.4 Å². The first-order chi connectivity index (χ1) is 8.93. The maximum absolute atomic E-state index is 12.0. The highest BCUT2D eigenvalue weighted by atomic mass is 32.2. The molecule has 0 bridgehead atoms. The Morgan fingerprint density at radius 1 is 1.32 bits per heavy atom. The maximum Gasteiger partial charge on any atom is 0.242 e. The van der Waals surface area contributed by atoms with E-state index >= 15 is 0 Å². The molecule has 0 atom stereocenters. The lowest BCUT2D eigenvalue weighted by Gasteiger charge is -2.27. The predicted molar refractivity (Wildman–Crippen MR) is 74.2 cm³/mol. The largest absolute Gasteiger partial charge is 0.389 e. The Kier molecular flexibility index (Phi) is 5.90. The van der Waals surface area contributed by atoms with E-state index in [1.165, 1.54) is 18.5 Å². The van der Waals surface area contributed by atoms with Crippen LogP contribution in [0.5, 0.6) is 0 Å². The van der Waals surface area contributed by atoms with Gasteiger partial charge in [0.25, 0.3) is 0 Å². The van der Waals surface area contributed by atoms with Crippen LogP contribution in [0, 0.1) is 0 Å². The maximum atomic E-state index is 12.0. The summed E-state index contributed by atoms with van der Waals surface area (Å²) in [4.78, 5) is 3.90. The van der Waals surface area contributed by atoms with Gasteiger partial charge in [0.15, 0.2) is 0 Å². The monoisotopic (exact) mass is 286 g/mol. The fourth-order valence-electron chi connectivity index (χ4n) is 2.05. The van der Waals surface area contributed by atoms with Crippen LogP contribution >= 0.6 is 0 Å². The summed E-state index contributed by atoms with van der Waals surface area (Å²) in [6.07, 6.45) is 5.59. The highest BCUT2D eigenvalue weighted by molar-refractivity contribution is 7.89. The van der Waals surface area contributed by atoms with Crippen LogP contribution < -0.4 is 4.72 Å². The lowest BCUT2D eigenvalue weighted by atomic mass is 9.93. The third-order valence-electron chi connectivity index (χ3n) is 2.97. The lowest BCUT2D eigenvalue weighted by Crippen LogP contribution is -2.42. The van der Waals surface area contributed by atoms with E-state index in [2.05, 4.69) is 9.71 Å². The Morgan fingerprint density at radius 2 is 1.95 bits per heavy atom. The predicted octanol–water partition coefficient (Wildman–Crippen LogP) is 1.69. The molecule has 0 aliphatic rings. The molecule has 0 aromatic carbocycles. The van der Waals surface area contributed by atoms with Crippen molar-refractivity contribution in [3.8, 4) is 0 Å². The van der Waals surface area contributed by atoms with E-state index in [-0.39, 0.29) is 11.4 Å². The number of aliphatic hydroxyl groups is 1. The van der Waals surface area contributed by atoms with Crippen molar-refractivity contribution in [3.05, 3.63) is 24.5 Å². The van der Waals surface area contributed by atoms with Crippen LogP contribution in [0.4, 0.5) is 0 Å². The van der Waals surface area contributed by atoms with Crippen LogP contribution in [0.1, 0.15) is 39.5 Å². The molecule has 5 nitrogen and oxygen atoms in total. The van der Waals surface area contributed by atoms with Gasteiger partial charge in [-0.3, -0.25) is 4.98 Å². The van der Waals surface area contributed by atoms with Gasteiger partial charge in [-0.05, 0) is 25.0 Å². The molecule has 1 heterocycles. The fourth-order valence-corrected chi connectivity index (χ4v) is 3.13. The van der Waals surface area contributed by atoms with Gasteiger partial charge in [0, 0.05) is 18.9 Å². The summed E-state index contributed by atoms with van der Waals surface area (Å²) in [7, 11) is -3.60. The number of nitrogens with one attached hydrogen (secondary N) is 1. The number of pyridine rings is 1. The molecule has 0 saturated carbocycles. The summed E-state index contributed by atoms with van der Waals surface area (Å²) < 4.78 is 26.5. The molecule has 6 heteroatoms. The first kappa shape index (κ1) is 16.1. The minimum Gasteiger partial charge on any atom is -0.389 e. The van der Waals surface area contributed by atoms with Gasteiger partial charge in [-0.25, -0.2) is 13.1 Å². The third-order valence-corrected chi connectivity index (χ3v) is 4.35. The molecule has 1 rings (SSSR count). The molecule has 0 aliphatic heterocycles. The van der Waals surface area contributed by atoms with Gasteiger partial charge in [0.2, 0.25) is 10.0 Å². The molecule has 0 radical (unpaired) electrons. The van der Waals surface area contributed by atoms with Crippen molar-refractivity contribution in [3.63, 3.8) is 0 Å². The minimum atomic E-state index is -3.60. The Balaban J connectivity index is 2.74. The van der Waals surface area contributed by atoms with Crippen molar-refractivity contribution >= 4 is 10.0 Å². The summed E-state index contributed by atoms with van der Waals surface area (Å²) in [5, 5.41) is 10.4. The summed E-state index contributed by atoms with van der Waals surface area (Å²) in [6.45, 7) is 3.97. The van der Waals surface area contributed by atoms with Crippen LogP contribution in [0.2, 0.25) is 0 Å². The minimum absolute atomic E-state index is 0.0336. The number of hydrogen-bond acceptors (Lipinski definition) is 4. The SMILES string of the molecule is CCCC(O)(CCC)CNS(=O)(=O)c1cccnc1. The first-order valence-corrected chi connectivity index (χ1v) is 8.04.